The molecule has 0 saturated carbocycles. The highest BCUT2D eigenvalue weighted by atomic mass is 16.5. The second-order valence-electron chi connectivity index (χ2n) is 7.89. The van der Waals surface area contributed by atoms with Gasteiger partial charge >= 0.3 is 0 Å². The molecule has 25 heavy (non-hydrogen) atoms. The van der Waals surface area contributed by atoms with Gasteiger partial charge in [-0.15, -0.1) is 0 Å². The molecule has 1 aromatic heterocycles. The van der Waals surface area contributed by atoms with Crippen LogP contribution in [0.4, 0.5) is 0 Å². The van der Waals surface area contributed by atoms with E-state index in [2.05, 4.69) is 29.4 Å². The van der Waals surface area contributed by atoms with Gasteiger partial charge < -0.3 is 19.7 Å². The largest absolute Gasteiger partial charge is 0.376 e. The van der Waals surface area contributed by atoms with Crippen LogP contribution in [-0.2, 0) is 9.47 Å². The molecule has 0 radical (unpaired) electrons. The highest BCUT2D eigenvalue weighted by Gasteiger charge is 2.37. The maximum atomic E-state index is 12.5. The van der Waals surface area contributed by atoms with E-state index in [9.17, 15) is 4.79 Å². The van der Waals surface area contributed by atoms with Gasteiger partial charge in [-0.05, 0) is 24.8 Å². The predicted molar refractivity (Wildman–Crippen MR) is 94.4 cm³/mol. The van der Waals surface area contributed by atoms with Gasteiger partial charge in [0.15, 0.2) is 0 Å². The van der Waals surface area contributed by atoms with Crippen LogP contribution in [0.25, 0.3) is 0 Å². The average Bonchev–Trinajstić information content (AvgIpc) is 3.28. The van der Waals surface area contributed by atoms with E-state index in [4.69, 9.17) is 9.47 Å². The number of H-pyrrole nitrogens is 1. The molecular formula is C18H30N4O3. The van der Waals surface area contributed by atoms with Gasteiger partial charge in [-0.2, -0.15) is 5.10 Å². The number of aromatic nitrogens is 2. The average molecular weight is 350 g/mol. The molecule has 2 saturated heterocycles. The van der Waals surface area contributed by atoms with Crippen LogP contribution in [0.2, 0.25) is 0 Å². The van der Waals surface area contributed by atoms with Gasteiger partial charge in [-0.25, -0.2) is 0 Å². The maximum Gasteiger partial charge on any atom is 0.271 e. The van der Waals surface area contributed by atoms with Crippen molar-refractivity contribution in [3.8, 4) is 0 Å². The van der Waals surface area contributed by atoms with Gasteiger partial charge in [0.25, 0.3) is 5.91 Å². The zero-order valence-electron chi connectivity index (χ0n) is 15.5. The summed E-state index contributed by atoms with van der Waals surface area (Å²) in [6, 6.07) is 1.71. The number of hydrogen-bond donors (Lipinski definition) is 2. The summed E-state index contributed by atoms with van der Waals surface area (Å²) >= 11 is 0. The highest BCUT2D eigenvalue weighted by Crippen LogP contribution is 2.31. The van der Waals surface area contributed by atoms with Crippen molar-refractivity contribution in [3.63, 3.8) is 0 Å². The Kier molecular flexibility index (Phi) is 5.76. The minimum atomic E-state index is -0.00872. The zero-order valence-corrected chi connectivity index (χ0v) is 15.5. The summed E-state index contributed by atoms with van der Waals surface area (Å²) < 4.78 is 11.7. The minimum absolute atomic E-state index is 0.00872. The summed E-state index contributed by atoms with van der Waals surface area (Å²) in [7, 11) is 0. The molecule has 2 aliphatic rings. The fourth-order valence-electron chi connectivity index (χ4n) is 3.79. The van der Waals surface area contributed by atoms with Crippen LogP contribution in [0.15, 0.2) is 12.3 Å². The fourth-order valence-corrected chi connectivity index (χ4v) is 3.79. The molecule has 7 nitrogen and oxygen atoms in total. The van der Waals surface area contributed by atoms with Gasteiger partial charge in [0, 0.05) is 44.9 Å². The van der Waals surface area contributed by atoms with Crippen LogP contribution in [-0.4, -0.2) is 72.6 Å². The first kappa shape index (κ1) is 18.4. The number of hydrogen-bond acceptors (Lipinski definition) is 5. The monoisotopic (exact) mass is 350 g/mol. The number of rotatable bonds is 7. The molecule has 3 heterocycles. The molecule has 0 aliphatic carbocycles. The van der Waals surface area contributed by atoms with Crippen molar-refractivity contribution >= 4 is 5.91 Å². The number of carbonyl (C=O) groups excluding carboxylic acids is 1. The number of carbonyl (C=O) groups is 1. The second kappa shape index (κ2) is 7.85. The third kappa shape index (κ3) is 4.59. The Morgan fingerprint density at radius 2 is 2.32 bits per heavy atom. The van der Waals surface area contributed by atoms with E-state index < -0.39 is 0 Å². The van der Waals surface area contributed by atoms with Crippen molar-refractivity contribution < 1.29 is 14.3 Å². The molecule has 3 atom stereocenters. The predicted octanol–water partition coefficient (Wildman–Crippen LogP) is 1.29. The Bertz CT molecular complexity index is 561. The lowest BCUT2D eigenvalue weighted by Crippen LogP contribution is -2.36. The summed E-state index contributed by atoms with van der Waals surface area (Å²) in [5, 5.41) is 10.1. The van der Waals surface area contributed by atoms with E-state index in [-0.39, 0.29) is 23.5 Å². The Morgan fingerprint density at radius 3 is 2.96 bits per heavy atom. The van der Waals surface area contributed by atoms with Gasteiger partial charge in [0.1, 0.15) is 5.69 Å². The number of amides is 1. The molecule has 1 unspecified atom stereocenters. The molecule has 140 valence electrons. The number of likely N-dealkylation sites (tertiary alicyclic amines) is 1. The van der Waals surface area contributed by atoms with Crippen LogP contribution in [0.1, 0.15) is 37.7 Å². The molecular weight excluding hydrogens is 320 g/mol. The third-order valence-corrected chi connectivity index (χ3v) is 5.05. The normalized spacial score (nSPS) is 28.6. The molecule has 1 aromatic rings. The Balaban J connectivity index is 1.50. The molecule has 2 N–H and O–H groups in total. The standard InChI is InChI=1S/C18H30N4O3/c1-4-24-16-11-22(17(23)15-5-6-20-21-15)10-13(16)8-19-9-14-7-18(2,3)12-25-14/h5-6,13-14,16,19H,4,7-12H2,1-3H3,(H,20,21)/t13-,14?,16-/m1/s1. The topological polar surface area (TPSA) is 79.5 Å². The van der Waals surface area contributed by atoms with E-state index in [0.717, 1.165) is 26.1 Å². The number of nitrogens with zero attached hydrogens (tertiary/aromatic N) is 2. The zero-order chi connectivity index (χ0) is 17.9. The quantitative estimate of drug-likeness (QED) is 0.775. The van der Waals surface area contributed by atoms with Crippen molar-refractivity contribution in [3.05, 3.63) is 18.0 Å². The molecule has 2 fully saturated rings. The first-order valence-corrected chi connectivity index (χ1v) is 9.21. The third-order valence-electron chi connectivity index (χ3n) is 5.05. The van der Waals surface area contributed by atoms with Crippen molar-refractivity contribution in [1.29, 1.82) is 0 Å². The number of aromatic amines is 1. The van der Waals surface area contributed by atoms with Gasteiger partial charge in [0.2, 0.25) is 0 Å². The SMILES string of the molecule is CCO[C@@H]1CN(C(=O)c2ccn[nH]2)C[C@H]1CNCC1CC(C)(C)CO1. The van der Waals surface area contributed by atoms with Gasteiger partial charge in [-0.3, -0.25) is 9.89 Å². The van der Waals surface area contributed by atoms with Crippen molar-refractivity contribution in [1.82, 2.24) is 20.4 Å². The molecule has 2 aliphatic heterocycles. The van der Waals surface area contributed by atoms with E-state index in [1.165, 1.54) is 0 Å². The summed E-state index contributed by atoms with van der Waals surface area (Å²) in [5.41, 5.74) is 0.811. The maximum absolute atomic E-state index is 12.5. The molecule has 7 heteroatoms. The number of nitrogens with one attached hydrogen (secondary N) is 2. The Labute approximate surface area is 149 Å². The highest BCUT2D eigenvalue weighted by molar-refractivity contribution is 5.92. The second-order valence-corrected chi connectivity index (χ2v) is 7.89. The summed E-state index contributed by atoms with van der Waals surface area (Å²) in [6.45, 7) is 11.0. The fraction of sp³-hybridized carbons (Fsp3) is 0.778. The van der Waals surface area contributed by atoms with Crippen LogP contribution in [0.3, 0.4) is 0 Å². The van der Waals surface area contributed by atoms with Crippen LogP contribution in [0, 0.1) is 11.3 Å². The van der Waals surface area contributed by atoms with Gasteiger partial charge in [0.05, 0.1) is 18.8 Å². The number of ether oxygens (including phenoxy) is 2. The van der Waals surface area contributed by atoms with E-state index in [0.29, 0.717) is 31.3 Å². The molecule has 0 bridgehead atoms. The summed E-state index contributed by atoms with van der Waals surface area (Å²) in [6.07, 6.45) is 3.05. The molecule has 0 spiro atoms. The van der Waals surface area contributed by atoms with Crippen molar-refractivity contribution in [2.75, 3.05) is 39.4 Å². The van der Waals surface area contributed by atoms with Crippen LogP contribution in [0.5, 0.6) is 0 Å². The van der Waals surface area contributed by atoms with Crippen molar-refractivity contribution in [2.45, 2.75) is 39.4 Å². The van der Waals surface area contributed by atoms with E-state index in [1.54, 1.807) is 12.3 Å². The van der Waals surface area contributed by atoms with E-state index in [1.807, 2.05) is 11.8 Å². The lowest BCUT2D eigenvalue weighted by atomic mass is 9.90. The van der Waals surface area contributed by atoms with Crippen molar-refractivity contribution in [2.24, 2.45) is 11.3 Å². The van der Waals surface area contributed by atoms with E-state index >= 15 is 0 Å². The minimum Gasteiger partial charge on any atom is -0.376 e. The summed E-state index contributed by atoms with van der Waals surface area (Å²) in [4.78, 5) is 14.4. The Morgan fingerprint density at radius 1 is 1.48 bits per heavy atom. The Hall–Kier alpha value is -1.44. The molecule has 0 aromatic carbocycles. The first-order chi connectivity index (χ1) is 12.0. The lowest BCUT2D eigenvalue weighted by Gasteiger charge is -2.20. The summed E-state index contributed by atoms with van der Waals surface area (Å²) in [5.74, 6) is 0.284. The van der Waals surface area contributed by atoms with Crippen LogP contribution < -0.4 is 5.32 Å². The van der Waals surface area contributed by atoms with Crippen LogP contribution >= 0.6 is 0 Å². The molecule has 1 amide bonds. The molecule has 3 rings (SSSR count). The first-order valence-electron chi connectivity index (χ1n) is 9.21. The lowest BCUT2D eigenvalue weighted by molar-refractivity contribution is 0.0399. The smallest absolute Gasteiger partial charge is 0.271 e. The van der Waals surface area contributed by atoms with Gasteiger partial charge in [-0.1, -0.05) is 13.8 Å².